The lowest BCUT2D eigenvalue weighted by Crippen LogP contribution is -2.21. The fraction of sp³-hybridized carbons (Fsp3) is 0.417. The molecule has 3 heteroatoms. The number of aryl methyl sites for hydroxylation is 2. The number of nitrogens with one attached hydrogen (secondary N) is 1. The Balaban J connectivity index is 2.76. The lowest BCUT2D eigenvalue weighted by atomic mass is 10.1. The number of halogens is 1. The second kappa shape index (κ2) is 5.17. The number of alkyl halides is 1. The van der Waals surface area contributed by atoms with Crippen molar-refractivity contribution in [3.63, 3.8) is 0 Å². The van der Waals surface area contributed by atoms with Crippen LogP contribution in [0.3, 0.4) is 0 Å². The quantitative estimate of drug-likeness (QED) is 0.787. The predicted molar refractivity (Wildman–Crippen MR) is 64.4 cm³/mol. The van der Waals surface area contributed by atoms with Crippen molar-refractivity contribution < 1.29 is 4.79 Å². The van der Waals surface area contributed by atoms with Gasteiger partial charge < -0.3 is 5.32 Å². The van der Waals surface area contributed by atoms with Gasteiger partial charge in [0.1, 0.15) is 0 Å². The van der Waals surface area contributed by atoms with Crippen molar-refractivity contribution >= 4 is 23.2 Å². The standard InChI is InChI=1S/C12H16ClNO/c1-8-4-9(2)6-11(5-8)14-12(15)10(3)7-13/h4-6,10H,7H2,1-3H3,(H,14,15). The van der Waals surface area contributed by atoms with Crippen LogP contribution in [0.15, 0.2) is 18.2 Å². The zero-order valence-electron chi connectivity index (χ0n) is 9.30. The number of benzene rings is 1. The van der Waals surface area contributed by atoms with E-state index in [0.717, 1.165) is 16.8 Å². The highest BCUT2D eigenvalue weighted by Gasteiger charge is 2.11. The van der Waals surface area contributed by atoms with Gasteiger partial charge in [-0.25, -0.2) is 0 Å². The average molecular weight is 226 g/mol. The van der Waals surface area contributed by atoms with E-state index < -0.39 is 0 Å². The molecule has 0 saturated heterocycles. The molecule has 2 nitrogen and oxygen atoms in total. The average Bonchev–Trinajstić information content (AvgIpc) is 2.14. The molecule has 1 rings (SSSR count). The first kappa shape index (κ1) is 12.1. The number of anilines is 1. The van der Waals surface area contributed by atoms with Crippen molar-refractivity contribution in [3.05, 3.63) is 29.3 Å². The molecular formula is C12H16ClNO. The van der Waals surface area contributed by atoms with E-state index in [2.05, 4.69) is 11.4 Å². The molecule has 1 atom stereocenters. The molecule has 1 N–H and O–H groups in total. The lowest BCUT2D eigenvalue weighted by Gasteiger charge is -2.10. The summed E-state index contributed by atoms with van der Waals surface area (Å²) >= 11 is 5.61. The van der Waals surface area contributed by atoms with E-state index in [4.69, 9.17) is 11.6 Å². The summed E-state index contributed by atoms with van der Waals surface area (Å²) in [7, 11) is 0. The second-order valence-electron chi connectivity index (χ2n) is 3.92. The summed E-state index contributed by atoms with van der Waals surface area (Å²) in [4.78, 5) is 11.6. The zero-order chi connectivity index (χ0) is 11.4. The maximum absolute atomic E-state index is 11.6. The van der Waals surface area contributed by atoms with E-state index in [-0.39, 0.29) is 11.8 Å². The molecule has 0 spiro atoms. The van der Waals surface area contributed by atoms with Crippen molar-refractivity contribution in [2.45, 2.75) is 20.8 Å². The van der Waals surface area contributed by atoms with E-state index >= 15 is 0 Å². The molecule has 1 amide bonds. The molecule has 0 aliphatic carbocycles. The van der Waals surface area contributed by atoms with Gasteiger partial charge in [-0.15, -0.1) is 11.6 Å². The van der Waals surface area contributed by atoms with Crippen LogP contribution >= 0.6 is 11.6 Å². The summed E-state index contributed by atoms with van der Waals surface area (Å²) < 4.78 is 0. The Bertz CT molecular complexity index is 342. The van der Waals surface area contributed by atoms with Gasteiger partial charge in [0.25, 0.3) is 0 Å². The highest BCUT2D eigenvalue weighted by molar-refractivity contribution is 6.19. The maximum atomic E-state index is 11.6. The summed E-state index contributed by atoms with van der Waals surface area (Å²) in [5, 5.41) is 2.85. The first-order valence-corrected chi connectivity index (χ1v) is 5.51. The first-order valence-electron chi connectivity index (χ1n) is 4.98. The third-order valence-corrected chi connectivity index (χ3v) is 2.63. The van der Waals surface area contributed by atoms with E-state index in [1.54, 1.807) is 0 Å². The highest BCUT2D eigenvalue weighted by atomic mass is 35.5. The summed E-state index contributed by atoms with van der Waals surface area (Å²) in [5.41, 5.74) is 3.13. The van der Waals surface area contributed by atoms with Gasteiger partial charge in [-0.3, -0.25) is 4.79 Å². The number of hydrogen-bond acceptors (Lipinski definition) is 1. The molecule has 0 aliphatic heterocycles. The van der Waals surface area contributed by atoms with Gasteiger partial charge in [-0.1, -0.05) is 13.0 Å². The number of carbonyl (C=O) groups excluding carboxylic acids is 1. The molecule has 1 aromatic rings. The molecule has 1 aromatic carbocycles. The molecule has 0 aromatic heterocycles. The molecule has 0 radical (unpaired) electrons. The maximum Gasteiger partial charge on any atom is 0.228 e. The minimum atomic E-state index is -0.160. The Morgan fingerprint density at radius 2 is 1.87 bits per heavy atom. The van der Waals surface area contributed by atoms with Crippen LogP contribution in [0.2, 0.25) is 0 Å². The third-order valence-electron chi connectivity index (χ3n) is 2.17. The van der Waals surface area contributed by atoms with Crippen molar-refractivity contribution in [3.8, 4) is 0 Å². The number of carbonyl (C=O) groups is 1. The Morgan fingerprint density at radius 3 is 2.33 bits per heavy atom. The fourth-order valence-electron chi connectivity index (χ4n) is 1.38. The Morgan fingerprint density at radius 1 is 1.33 bits per heavy atom. The van der Waals surface area contributed by atoms with E-state index in [9.17, 15) is 4.79 Å². The molecule has 0 saturated carbocycles. The smallest absolute Gasteiger partial charge is 0.228 e. The van der Waals surface area contributed by atoms with Gasteiger partial charge >= 0.3 is 0 Å². The fourth-order valence-corrected chi connectivity index (χ4v) is 1.52. The molecule has 15 heavy (non-hydrogen) atoms. The molecule has 0 heterocycles. The summed E-state index contributed by atoms with van der Waals surface area (Å²) in [5.74, 6) is 0.152. The largest absolute Gasteiger partial charge is 0.326 e. The topological polar surface area (TPSA) is 29.1 Å². The van der Waals surface area contributed by atoms with E-state index in [0.29, 0.717) is 5.88 Å². The molecule has 1 unspecified atom stereocenters. The predicted octanol–water partition coefficient (Wildman–Crippen LogP) is 3.12. The van der Waals surface area contributed by atoms with Gasteiger partial charge in [0.15, 0.2) is 0 Å². The SMILES string of the molecule is Cc1cc(C)cc(NC(=O)C(C)CCl)c1. The molecule has 0 aliphatic rings. The van der Waals surface area contributed by atoms with Crippen LogP contribution in [0, 0.1) is 19.8 Å². The minimum Gasteiger partial charge on any atom is -0.326 e. The Hall–Kier alpha value is -1.02. The van der Waals surface area contributed by atoms with Crippen molar-refractivity contribution in [2.24, 2.45) is 5.92 Å². The molecular weight excluding hydrogens is 210 g/mol. The molecule has 0 bridgehead atoms. The van der Waals surface area contributed by atoms with Gasteiger partial charge in [0.05, 0.1) is 0 Å². The molecule has 0 fully saturated rings. The normalized spacial score (nSPS) is 12.3. The monoisotopic (exact) mass is 225 g/mol. The number of rotatable bonds is 3. The second-order valence-corrected chi connectivity index (χ2v) is 4.23. The van der Waals surface area contributed by atoms with E-state index in [1.807, 2.05) is 32.9 Å². The van der Waals surface area contributed by atoms with Gasteiger partial charge in [-0.2, -0.15) is 0 Å². The Kier molecular flexibility index (Phi) is 4.15. The van der Waals surface area contributed by atoms with Crippen molar-refractivity contribution in [1.82, 2.24) is 0 Å². The number of hydrogen-bond donors (Lipinski definition) is 1. The van der Waals surface area contributed by atoms with Crippen LogP contribution < -0.4 is 5.32 Å². The van der Waals surface area contributed by atoms with E-state index in [1.165, 1.54) is 0 Å². The van der Waals surface area contributed by atoms with Gasteiger partial charge in [0, 0.05) is 17.5 Å². The zero-order valence-corrected chi connectivity index (χ0v) is 10.1. The lowest BCUT2D eigenvalue weighted by molar-refractivity contribution is -0.118. The van der Waals surface area contributed by atoms with Crippen LogP contribution in [0.1, 0.15) is 18.1 Å². The van der Waals surface area contributed by atoms with Gasteiger partial charge in [0.2, 0.25) is 5.91 Å². The highest BCUT2D eigenvalue weighted by Crippen LogP contribution is 2.14. The minimum absolute atomic E-state index is 0.0324. The summed E-state index contributed by atoms with van der Waals surface area (Å²) in [6.07, 6.45) is 0. The Labute approximate surface area is 95.6 Å². The molecule has 82 valence electrons. The van der Waals surface area contributed by atoms with Gasteiger partial charge in [-0.05, 0) is 37.1 Å². The van der Waals surface area contributed by atoms with Crippen LogP contribution in [-0.2, 0) is 4.79 Å². The van der Waals surface area contributed by atoms with Crippen molar-refractivity contribution in [1.29, 1.82) is 0 Å². The summed E-state index contributed by atoms with van der Waals surface area (Å²) in [6, 6.07) is 5.97. The van der Waals surface area contributed by atoms with Crippen molar-refractivity contribution in [2.75, 3.05) is 11.2 Å². The van der Waals surface area contributed by atoms with Crippen LogP contribution in [0.4, 0.5) is 5.69 Å². The first-order chi connectivity index (χ1) is 7.02. The van der Waals surface area contributed by atoms with Crippen LogP contribution in [0.25, 0.3) is 0 Å². The van der Waals surface area contributed by atoms with Crippen LogP contribution in [-0.4, -0.2) is 11.8 Å². The summed E-state index contributed by atoms with van der Waals surface area (Å²) in [6.45, 7) is 5.83. The number of amides is 1. The van der Waals surface area contributed by atoms with Crippen LogP contribution in [0.5, 0.6) is 0 Å². The third kappa shape index (κ3) is 3.56.